The highest BCUT2D eigenvalue weighted by Gasteiger charge is 2.23. The molecule has 1 aromatic heterocycles. The van der Waals surface area contributed by atoms with E-state index >= 15 is 0 Å². The Morgan fingerprint density at radius 2 is 1.89 bits per heavy atom. The predicted molar refractivity (Wildman–Crippen MR) is 101 cm³/mol. The minimum absolute atomic E-state index is 0.0392. The van der Waals surface area contributed by atoms with Crippen LogP contribution in [0.1, 0.15) is 17.7 Å². The van der Waals surface area contributed by atoms with E-state index in [9.17, 15) is 19.5 Å². The zero-order valence-corrected chi connectivity index (χ0v) is 15.4. The molecule has 9 heteroatoms. The zero-order valence-electron chi connectivity index (χ0n) is 15.4. The maximum Gasteiger partial charge on any atom is 0.326 e. The number of H-pyrrole nitrogens is 1. The molecular weight excluding hydrogens is 364 g/mol. The zero-order chi connectivity index (χ0) is 20.4. The Morgan fingerprint density at radius 3 is 2.50 bits per heavy atom. The molecule has 0 radical (unpaired) electrons. The molecule has 0 unspecified atom stereocenters. The first-order valence-electron chi connectivity index (χ1n) is 8.92. The number of rotatable bonds is 12. The molecule has 0 spiro atoms. The van der Waals surface area contributed by atoms with Crippen LogP contribution in [0.15, 0.2) is 42.9 Å². The quantitative estimate of drug-likeness (QED) is 0.417. The summed E-state index contributed by atoms with van der Waals surface area (Å²) in [5.74, 6) is -2.76. The van der Waals surface area contributed by atoms with Crippen LogP contribution in [0.3, 0.4) is 0 Å². The summed E-state index contributed by atoms with van der Waals surface area (Å²) >= 11 is 0. The first kappa shape index (κ1) is 21.1. The monoisotopic (exact) mass is 388 g/mol. The van der Waals surface area contributed by atoms with E-state index in [0.717, 1.165) is 12.0 Å². The van der Waals surface area contributed by atoms with Crippen molar-refractivity contribution in [3.05, 3.63) is 54.1 Å². The molecule has 9 nitrogen and oxygen atoms in total. The molecule has 0 bridgehead atoms. The van der Waals surface area contributed by atoms with Crippen molar-refractivity contribution in [2.24, 2.45) is 0 Å². The van der Waals surface area contributed by atoms with Gasteiger partial charge in [-0.05, 0) is 24.9 Å². The van der Waals surface area contributed by atoms with Crippen molar-refractivity contribution in [2.45, 2.75) is 25.3 Å². The molecule has 0 saturated carbocycles. The second-order valence-corrected chi connectivity index (χ2v) is 6.42. The number of imidazole rings is 1. The maximum absolute atomic E-state index is 12.3. The largest absolute Gasteiger partial charge is 0.480 e. The molecule has 1 heterocycles. The van der Waals surface area contributed by atoms with E-state index in [2.05, 4.69) is 15.3 Å². The van der Waals surface area contributed by atoms with Crippen LogP contribution in [0.25, 0.3) is 0 Å². The number of aryl methyl sites for hydroxylation is 1. The van der Waals surface area contributed by atoms with Crippen LogP contribution < -0.4 is 5.32 Å². The van der Waals surface area contributed by atoms with E-state index in [0.29, 0.717) is 18.7 Å². The number of benzene rings is 1. The third kappa shape index (κ3) is 7.58. The molecule has 1 amide bonds. The summed E-state index contributed by atoms with van der Waals surface area (Å²) in [6, 6.07) is 8.63. The summed E-state index contributed by atoms with van der Waals surface area (Å²) in [5, 5.41) is 20.8. The van der Waals surface area contributed by atoms with Gasteiger partial charge in [-0.3, -0.25) is 14.5 Å². The van der Waals surface area contributed by atoms with E-state index in [1.165, 1.54) is 11.2 Å². The summed E-state index contributed by atoms with van der Waals surface area (Å²) in [6.07, 6.45) is 4.47. The molecule has 2 rings (SSSR count). The molecule has 0 saturated heterocycles. The number of hydrogen-bond acceptors (Lipinski definition) is 5. The Morgan fingerprint density at radius 1 is 1.14 bits per heavy atom. The molecule has 0 aliphatic carbocycles. The minimum atomic E-state index is -1.18. The van der Waals surface area contributed by atoms with Crippen LogP contribution in [0.5, 0.6) is 0 Å². The number of aromatic nitrogens is 2. The number of carboxylic acids is 2. The van der Waals surface area contributed by atoms with Crippen molar-refractivity contribution in [3.63, 3.8) is 0 Å². The number of aromatic amines is 1. The van der Waals surface area contributed by atoms with Crippen LogP contribution in [0, 0.1) is 0 Å². The fraction of sp³-hybridized carbons (Fsp3) is 0.368. The second-order valence-electron chi connectivity index (χ2n) is 6.42. The number of nitrogens with one attached hydrogen (secondary N) is 2. The van der Waals surface area contributed by atoms with Gasteiger partial charge in [0.1, 0.15) is 6.04 Å². The van der Waals surface area contributed by atoms with Crippen LogP contribution in [-0.4, -0.2) is 68.6 Å². The molecular formula is C19H24N4O5. The fourth-order valence-corrected chi connectivity index (χ4v) is 2.81. The third-order valence-corrected chi connectivity index (χ3v) is 4.11. The van der Waals surface area contributed by atoms with Gasteiger partial charge in [0.2, 0.25) is 5.91 Å². The smallest absolute Gasteiger partial charge is 0.326 e. The lowest BCUT2D eigenvalue weighted by Crippen LogP contribution is -2.47. The number of hydrogen-bond donors (Lipinski definition) is 4. The molecule has 4 N–H and O–H groups in total. The molecule has 150 valence electrons. The first-order valence-corrected chi connectivity index (χ1v) is 8.92. The van der Waals surface area contributed by atoms with Gasteiger partial charge in [0, 0.05) is 12.6 Å². The highest BCUT2D eigenvalue weighted by molar-refractivity contribution is 5.85. The van der Waals surface area contributed by atoms with E-state index in [4.69, 9.17) is 5.11 Å². The lowest BCUT2D eigenvalue weighted by molar-refractivity contribution is -0.143. The normalized spacial score (nSPS) is 11.9. The third-order valence-electron chi connectivity index (χ3n) is 4.11. The first-order chi connectivity index (χ1) is 13.4. The van der Waals surface area contributed by atoms with Crippen molar-refractivity contribution in [1.29, 1.82) is 0 Å². The topological polar surface area (TPSA) is 136 Å². The van der Waals surface area contributed by atoms with Gasteiger partial charge in [0.25, 0.3) is 0 Å². The van der Waals surface area contributed by atoms with E-state index < -0.39 is 23.9 Å². The molecule has 0 aliphatic heterocycles. The lowest BCUT2D eigenvalue weighted by Gasteiger charge is -2.21. The Labute approximate surface area is 162 Å². The van der Waals surface area contributed by atoms with Gasteiger partial charge < -0.3 is 20.5 Å². The van der Waals surface area contributed by atoms with Gasteiger partial charge >= 0.3 is 11.9 Å². The average Bonchev–Trinajstić information content (AvgIpc) is 3.14. The van der Waals surface area contributed by atoms with Gasteiger partial charge in [-0.15, -0.1) is 0 Å². The molecule has 1 aromatic carbocycles. The Kier molecular flexibility index (Phi) is 8.16. The average molecular weight is 388 g/mol. The number of amides is 1. The lowest BCUT2D eigenvalue weighted by atomic mass is 10.1. The fourth-order valence-electron chi connectivity index (χ4n) is 2.81. The van der Waals surface area contributed by atoms with Gasteiger partial charge in [0.15, 0.2) is 0 Å². The van der Waals surface area contributed by atoms with Crippen molar-refractivity contribution in [2.75, 3.05) is 19.6 Å². The molecule has 2 aromatic rings. The number of carbonyl (C=O) groups excluding carboxylic acids is 1. The van der Waals surface area contributed by atoms with Gasteiger partial charge in [-0.2, -0.15) is 0 Å². The highest BCUT2D eigenvalue weighted by Crippen LogP contribution is 2.04. The van der Waals surface area contributed by atoms with E-state index in [-0.39, 0.29) is 19.5 Å². The SMILES string of the molecule is O=C(O)CN(CCCc1ccccc1)CC(=O)N[C@@H](Cc1c[nH]cn1)C(=O)O. The van der Waals surface area contributed by atoms with Crippen LogP contribution >= 0.6 is 0 Å². The van der Waals surface area contributed by atoms with Crippen molar-refractivity contribution < 1.29 is 24.6 Å². The Balaban J connectivity index is 1.87. The van der Waals surface area contributed by atoms with Crippen LogP contribution in [0.2, 0.25) is 0 Å². The minimum Gasteiger partial charge on any atom is -0.480 e. The van der Waals surface area contributed by atoms with E-state index in [1.54, 1.807) is 6.20 Å². The standard InChI is InChI=1S/C19H24N4O5/c24-17(22-16(19(27)28)9-15-10-20-13-21-15)11-23(12-18(25)26)8-4-7-14-5-2-1-3-6-14/h1-3,5-6,10,13,16H,4,7-9,11-12H2,(H,20,21)(H,22,24)(H,25,26)(H,27,28)/t16-/m0/s1. The Bertz CT molecular complexity index is 764. The van der Waals surface area contributed by atoms with Crippen LogP contribution in [-0.2, 0) is 27.2 Å². The van der Waals surface area contributed by atoms with Gasteiger partial charge in [0.05, 0.1) is 25.1 Å². The summed E-state index contributed by atoms with van der Waals surface area (Å²) in [7, 11) is 0. The number of carboxylic acid groups (broad SMARTS) is 2. The molecule has 28 heavy (non-hydrogen) atoms. The molecule has 1 atom stereocenters. The number of nitrogens with zero attached hydrogens (tertiary/aromatic N) is 2. The summed E-state index contributed by atoms with van der Waals surface area (Å²) in [6.45, 7) is -0.0729. The van der Waals surface area contributed by atoms with E-state index in [1.807, 2.05) is 30.3 Å². The van der Waals surface area contributed by atoms with Crippen molar-refractivity contribution in [1.82, 2.24) is 20.2 Å². The molecule has 0 fully saturated rings. The number of aliphatic carboxylic acids is 2. The van der Waals surface area contributed by atoms with Crippen molar-refractivity contribution in [3.8, 4) is 0 Å². The summed E-state index contributed by atoms with van der Waals surface area (Å²) in [5.41, 5.74) is 1.64. The van der Waals surface area contributed by atoms with Gasteiger partial charge in [-0.1, -0.05) is 30.3 Å². The Hall–Kier alpha value is -3.20. The highest BCUT2D eigenvalue weighted by atomic mass is 16.4. The summed E-state index contributed by atoms with van der Waals surface area (Å²) in [4.78, 5) is 42.9. The second kappa shape index (κ2) is 10.8. The maximum atomic E-state index is 12.3. The number of carbonyl (C=O) groups is 3. The van der Waals surface area contributed by atoms with Crippen molar-refractivity contribution >= 4 is 17.8 Å². The predicted octanol–water partition coefficient (Wildman–Crippen LogP) is 0.541. The van der Waals surface area contributed by atoms with Crippen LogP contribution in [0.4, 0.5) is 0 Å². The molecule has 0 aliphatic rings. The summed E-state index contributed by atoms with van der Waals surface area (Å²) < 4.78 is 0. The van der Waals surface area contributed by atoms with Gasteiger partial charge in [-0.25, -0.2) is 9.78 Å².